The average molecular weight is 304 g/mol. The molecule has 0 aliphatic heterocycles. The van der Waals surface area contributed by atoms with Crippen molar-refractivity contribution >= 4 is 21.6 Å². The zero-order chi connectivity index (χ0) is 12.6. The summed E-state index contributed by atoms with van der Waals surface area (Å²) in [5.74, 6) is -1.08. The van der Waals surface area contributed by atoms with Crippen molar-refractivity contribution in [1.29, 1.82) is 0 Å². The molecular formula is C13H16BrF2N. The minimum Gasteiger partial charge on any atom is -0.377 e. The fourth-order valence-electron chi connectivity index (χ4n) is 2.45. The van der Waals surface area contributed by atoms with Crippen LogP contribution in [0.2, 0.25) is 0 Å². The average Bonchev–Trinajstić information content (AvgIpc) is 2.51. The highest BCUT2D eigenvalue weighted by molar-refractivity contribution is 9.10. The number of rotatable bonds is 2. The summed E-state index contributed by atoms with van der Waals surface area (Å²) in [6.07, 6.45) is 3.15. The molecule has 1 aliphatic rings. The molecule has 1 fully saturated rings. The predicted octanol–water partition coefficient (Wildman–Crippen LogP) is 4.72. The van der Waals surface area contributed by atoms with Gasteiger partial charge in [-0.1, -0.05) is 36.2 Å². The second-order valence-corrected chi connectivity index (χ2v) is 6.24. The third-order valence-corrected chi connectivity index (χ3v) is 4.04. The van der Waals surface area contributed by atoms with Crippen molar-refractivity contribution in [2.24, 2.45) is 5.41 Å². The summed E-state index contributed by atoms with van der Waals surface area (Å²) in [4.78, 5) is 0. The maximum atomic E-state index is 13.7. The van der Waals surface area contributed by atoms with Gasteiger partial charge in [0.05, 0.1) is 0 Å². The lowest BCUT2D eigenvalue weighted by molar-refractivity contribution is 0.348. The summed E-state index contributed by atoms with van der Waals surface area (Å²) in [5, 5.41) is 3.02. The first-order valence-corrected chi connectivity index (χ1v) is 6.60. The summed E-state index contributed by atoms with van der Waals surface area (Å²) in [6, 6.07) is 2.70. The lowest BCUT2D eigenvalue weighted by Gasteiger charge is -2.29. The molecule has 1 saturated carbocycles. The molecule has 17 heavy (non-hydrogen) atoms. The van der Waals surface area contributed by atoms with Gasteiger partial charge in [0.25, 0.3) is 0 Å². The normalized spacial score (nSPS) is 22.8. The first kappa shape index (κ1) is 12.8. The lowest BCUT2D eigenvalue weighted by atomic mass is 9.87. The maximum Gasteiger partial charge on any atom is 0.150 e. The summed E-state index contributed by atoms with van der Waals surface area (Å²) in [7, 11) is 0. The molecule has 0 bridgehead atoms. The summed E-state index contributed by atoms with van der Waals surface area (Å²) in [6.45, 7) is 4.26. The van der Waals surface area contributed by atoms with Crippen LogP contribution < -0.4 is 5.32 Å². The third-order valence-electron chi connectivity index (χ3n) is 3.58. The van der Waals surface area contributed by atoms with E-state index >= 15 is 0 Å². The van der Waals surface area contributed by atoms with Gasteiger partial charge in [-0.2, -0.15) is 0 Å². The largest absolute Gasteiger partial charge is 0.377 e. The Hall–Kier alpha value is -0.640. The van der Waals surface area contributed by atoms with Crippen LogP contribution in [0.25, 0.3) is 0 Å². The highest BCUT2D eigenvalue weighted by Crippen LogP contribution is 2.39. The molecular weight excluding hydrogens is 288 g/mol. The van der Waals surface area contributed by atoms with Gasteiger partial charge in [0.2, 0.25) is 0 Å². The predicted molar refractivity (Wildman–Crippen MR) is 69.1 cm³/mol. The summed E-state index contributed by atoms with van der Waals surface area (Å²) < 4.78 is 27.8. The number of benzene rings is 1. The van der Waals surface area contributed by atoms with E-state index in [0.29, 0.717) is 4.47 Å². The molecule has 0 heterocycles. The zero-order valence-electron chi connectivity index (χ0n) is 9.99. The van der Waals surface area contributed by atoms with E-state index in [1.165, 1.54) is 12.1 Å². The molecule has 0 saturated heterocycles. The molecule has 94 valence electrons. The van der Waals surface area contributed by atoms with Gasteiger partial charge < -0.3 is 5.32 Å². The van der Waals surface area contributed by atoms with Crippen LogP contribution >= 0.6 is 15.9 Å². The minimum atomic E-state index is -0.542. The van der Waals surface area contributed by atoms with E-state index in [1.807, 2.05) is 0 Å². The van der Waals surface area contributed by atoms with E-state index in [2.05, 4.69) is 35.1 Å². The smallest absolute Gasteiger partial charge is 0.150 e. The van der Waals surface area contributed by atoms with Crippen molar-refractivity contribution < 1.29 is 8.78 Å². The van der Waals surface area contributed by atoms with Crippen LogP contribution in [0.15, 0.2) is 16.6 Å². The molecule has 1 atom stereocenters. The highest BCUT2D eigenvalue weighted by Gasteiger charge is 2.35. The van der Waals surface area contributed by atoms with Gasteiger partial charge >= 0.3 is 0 Å². The van der Waals surface area contributed by atoms with E-state index < -0.39 is 11.6 Å². The van der Waals surface area contributed by atoms with Gasteiger partial charge in [-0.3, -0.25) is 0 Å². The van der Waals surface area contributed by atoms with Crippen LogP contribution in [0.3, 0.4) is 0 Å². The molecule has 1 nitrogen and oxygen atoms in total. The zero-order valence-corrected chi connectivity index (χ0v) is 11.6. The van der Waals surface area contributed by atoms with E-state index in [9.17, 15) is 8.78 Å². The second kappa shape index (κ2) is 4.56. The molecule has 0 radical (unpaired) electrons. The molecule has 4 heteroatoms. The van der Waals surface area contributed by atoms with Gasteiger partial charge in [0, 0.05) is 10.5 Å². The van der Waals surface area contributed by atoms with Gasteiger partial charge in [-0.15, -0.1) is 0 Å². The first-order valence-electron chi connectivity index (χ1n) is 5.81. The van der Waals surface area contributed by atoms with Gasteiger partial charge in [0.1, 0.15) is 17.3 Å². The fraction of sp³-hybridized carbons (Fsp3) is 0.538. The Labute approximate surface area is 109 Å². The van der Waals surface area contributed by atoms with Gasteiger partial charge in [-0.25, -0.2) is 8.78 Å². The molecule has 1 unspecified atom stereocenters. The van der Waals surface area contributed by atoms with E-state index in [1.54, 1.807) is 0 Å². The Morgan fingerprint density at radius 3 is 2.35 bits per heavy atom. The molecule has 1 aliphatic carbocycles. The molecule has 0 spiro atoms. The number of anilines is 1. The molecule has 1 N–H and O–H groups in total. The van der Waals surface area contributed by atoms with Gasteiger partial charge in [0.15, 0.2) is 0 Å². The maximum absolute atomic E-state index is 13.7. The molecule has 1 aromatic carbocycles. The van der Waals surface area contributed by atoms with E-state index in [0.717, 1.165) is 19.3 Å². The molecule has 0 amide bonds. The lowest BCUT2D eigenvalue weighted by Crippen LogP contribution is -2.31. The van der Waals surface area contributed by atoms with E-state index in [-0.39, 0.29) is 17.1 Å². The summed E-state index contributed by atoms with van der Waals surface area (Å²) in [5.41, 5.74) is 0.0829. The Balaban J connectivity index is 2.25. The standard InChI is InChI=1S/C13H16BrF2N/c1-13(2)5-3-4-11(13)17-12-9(15)6-8(14)7-10(12)16/h6-7,11,17H,3-5H2,1-2H3. The van der Waals surface area contributed by atoms with Crippen LogP contribution in [0, 0.1) is 17.0 Å². The second-order valence-electron chi connectivity index (χ2n) is 5.32. The molecule has 0 aromatic heterocycles. The molecule has 2 rings (SSSR count). The van der Waals surface area contributed by atoms with Crippen molar-refractivity contribution in [3.8, 4) is 0 Å². The van der Waals surface area contributed by atoms with Crippen LogP contribution in [-0.2, 0) is 0 Å². The highest BCUT2D eigenvalue weighted by atomic mass is 79.9. The Morgan fingerprint density at radius 1 is 1.29 bits per heavy atom. The number of halogens is 3. The monoisotopic (exact) mass is 303 g/mol. The van der Waals surface area contributed by atoms with E-state index in [4.69, 9.17) is 0 Å². The third kappa shape index (κ3) is 2.62. The van der Waals surface area contributed by atoms with Crippen molar-refractivity contribution in [3.05, 3.63) is 28.2 Å². The Kier molecular flexibility index (Phi) is 3.43. The van der Waals surface area contributed by atoms with Crippen molar-refractivity contribution in [2.45, 2.75) is 39.2 Å². The topological polar surface area (TPSA) is 12.0 Å². The number of hydrogen-bond acceptors (Lipinski definition) is 1. The van der Waals surface area contributed by atoms with Crippen LogP contribution in [0.5, 0.6) is 0 Å². The van der Waals surface area contributed by atoms with Gasteiger partial charge in [-0.05, 0) is 30.4 Å². The van der Waals surface area contributed by atoms with Crippen LogP contribution in [0.4, 0.5) is 14.5 Å². The minimum absolute atomic E-state index is 0.00632. The first-order chi connectivity index (χ1) is 7.90. The number of hydrogen-bond donors (Lipinski definition) is 1. The number of nitrogens with one attached hydrogen (secondary N) is 1. The Bertz CT molecular complexity index is 408. The van der Waals surface area contributed by atoms with Crippen LogP contribution in [-0.4, -0.2) is 6.04 Å². The summed E-state index contributed by atoms with van der Waals surface area (Å²) >= 11 is 3.07. The fourth-order valence-corrected chi connectivity index (χ4v) is 2.85. The molecule has 1 aromatic rings. The SMILES string of the molecule is CC1(C)CCCC1Nc1c(F)cc(Br)cc1F. The van der Waals surface area contributed by atoms with Crippen molar-refractivity contribution in [3.63, 3.8) is 0 Å². The quantitative estimate of drug-likeness (QED) is 0.834. The Morgan fingerprint density at radius 2 is 1.88 bits per heavy atom. The van der Waals surface area contributed by atoms with Crippen molar-refractivity contribution in [2.75, 3.05) is 5.32 Å². The van der Waals surface area contributed by atoms with Crippen molar-refractivity contribution in [1.82, 2.24) is 0 Å². The van der Waals surface area contributed by atoms with Crippen LogP contribution in [0.1, 0.15) is 33.1 Å².